The summed E-state index contributed by atoms with van der Waals surface area (Å²) in [7, 11) is 0. The normalized spacial score (nSPS) is 11.6. The van der Waals surface area contributed by atoms with Gasteiger partial charge >= 0.3 is 0 Å². The van der Waals surface area contributed by atoms with Crippen molar-refractivity contribution >= 4 is 10.9 Å². The highest BCUT2D eigenvalue weighted by molar-refractivity contribution is 5.80. The maximum Gasteiger partial charge on any atom is 0.236 e. The molecule has 5 heteroatoms. The van der Waals surface area contributed by atoms with Crippen LogP contribution in [0.2, 0.25) is 0 Å². The van der Waals surface area contributed by atoms with E-state index < -0.39 is 0 Å². The van der Waals surface area contributed by atoms with E-state index in [4.69, 9.17) is 4.42 Å². The topological polar surface area (TPSA) is 55.9 Å². The van der Waals surface area contributed by atoms with Gasteiger partial charge in [0.05, 0.1) is 0 Å². The quantitative estimate of drug-likeness (QED) is 0.782. The van der Waals surface area contributed by atoms with E-state index in [9.17, 15) is 0 Å². The third-order valence-electron chi connectivity index (χ3n) is 3.42. The van der Waals surface area contributed by atoms with Crippen molar-refractivity contribution in [2.24, 2.45) is 0 Å². The van der Waals surface area contributed by atoms with E-state index in [2.05, 4.69) is 64.4 Å². The average Bonchev–Trinajstić information content (AvgIpc) is 3.04. The second-order valence-corrected chi connectivity index (χ2v) is 5.59. The Balaban J connectivity index is 1.82. The van der Waals surface area contributed by atoms with Crippen LogP contribution >= 0.6 is 0 Å². The minimum atomic E-state index is 0.492. The van der Waals surface area contributed by atoms with Crippen LogP contribution in [0.1, 0.15) is 31.2 Å². The Morgan fingerprint density at radius 1 is 1.24 bits per heavy atom. The van der Waals surface area contributed by atoms with E-state index in [0.29, 0.717) is 24.4 Å². The maximum atomic E-state index is 5.44. The fourth-order valence-corrected chi connectivity index (χ4v) is 2.37. The van der Waals surface area contributed by atoms with Crippen molar-refractivity contribution in [1.29, 1.82) is 0 Å². The van der Waals surface area contributed by atoms with E-state index >= 15 is 0 Å². The Bertz CT molecular complexity index is 742. The summed E-state index contributed by atoms with van der Waals surface area (Å²) in [6, 6.07) is 9.15. The van der Waals surface area contributed by atoms with Gasteiger partial charge in [-0.2, -0.15) is 0 Å². The zero-order valence-electron chi connectivity index (χ0n) is 12.6. The summed E-state index contributed by atoms with van der Waals surface area (Å²) in [4.78, 5) is 0. The molecule has 0 unspecified atom stereocenters. The van der Waals surface area contributed by atoms with Crippen molar-refractivity contribution in [3.8, 4) is 0 Å². The van der Waals surface area contributed by atoms with E-state index in [0.717, 1.165) is 6.54 Å². The Labute approximate surface area is 124 Å². The maximum absolute atomic E-state index is 5.44. The molecule has 0 saturated carbocycles. The van der Waals surface area contributed by atoms with Gasteiger partial charge < -0.3 is 14.3 Å². The highest BCUT2D eigenvalue weighted by Crippen LogP contribution is 2.19. The van der Waals surface area contributed by atoms with Gasteiger partial charge in [-0.25, -0.2) is 0 Å². The molecule has 0 atom stereocenters. The lowest BCUT2D eigenvalue weighted by Crippen LogP contribution is -2.21. The van der Waals surface area contributed by atoms with Crippen LogP contribution in [0.4, 0.5) is 0 Å². The van der Waals surface area contributed by atoms with Gasteiger partial charge in [-0.15, -0.1) is 10.2 Å². The molecule has 0 fully saturated rings. The number of fused-ring (bicyclic) bond motifs is 1. The number of nitrogens with zero attached hydrogens (tertiary/aromatic N) is 3. The van der Waals surface area contributed by atoms with Crippen LogP contribution < -0.4 is 5.32 Å². The largest absolute Gasteiger partial charge is 0.424 e. The Morgan fingerprint density at radius 3 is 2.81 bits per heavy atom. The molecule has 1 N–H and O–H groups in total. The summed E-state index contributed by atoms with van der Waals surface area (Å²) in [5.74, 6) is 1.24. The van der Waals surface area contributed by atoms with Crippen molar-refractivity contribution in [2.75, 3.05) is 0 Å². The predicted molar refractivity (Wildman–Crippen MR) is 82.1 cm³/mol. The first-order chi connectivity index (χ1) is 10.1. The number of aryl methyl sites for hydroxylation is 1. The molecule has 0 spiro atoms. The fourth-order valence-electron chi connectivity index (χ4n) is 2.37. The molecule has 0 bridgehead atoms. The van der Waals surface area contributed by atoms with Crippen molar-refractivity contribution in [3.63, 3.8) is 0 Å². The Kier molecular flexibility index (Phi) is 3.75. The molecule has 5 nitrogen and oxygen atoms in total. The predicted octanol–water partition coefficient (Wildman–Crippen LogP) is 2.88. The number of nitrogens with one attached hydrogen (secondary N) is 1. The molecule has 0 amide bonds. The molecular weight excluding hydrogens is 264 g/mol. The third kappa shape index (κ3) is 3.13. The lowest BCUT2D eigenvalue weighted by molar-refractivity contribution is 0.457. The van der Waals surface area contributed by atoms with Gasteiger partial charge in [0, 0.05) is 31.2 Å². The summed E-state index contributed by atoms with van der Waals surface area (Å²) >= 11 is 0. The van der Waals surface area contributed by atoms with Gasteiger partial charge in [0.1, 0.15) is 6.54 Å². The van der Waals surface area contributed by atoms with E-state index in [1.165, 1.54) is 16.5 Å². The molecule has 21 heavy (non-hydrogen) atoms. The lowest BCUT2D eigenvalue weighted by Gasteiger charge is -2.08. The van der Waals surface area contributed by atoms with Gasteiger partial charge in [-0.3, -0.25) is 0 Å². The second-order valence-electron chi connectivity index (χ2n) is 5.59. The molecule has 2 heterocycles. The molecular formula is C16H20N4O. The van der Waals surface area contributed by atoms with Crippen LogP contribution in [0.25, 0.3) is 10.9 Å². The van der Waals surface area contributed by atoms with Crippen molar-refractivity contribution < 1.29 is 4.42 Å². The highest BCUT2D eigenvalue weighted by atomic mass is 16.4. The van der Waals surface area contributed by atoms with Gasteiger partial charge in [0.15, 0.2) is 0 Å². The zero-order chi connectivity index (χ0) is 14.8. The summed E-state index contributed by atoms with van der Waals surface area (Å²) in [5, 5.41) is 12.6. The molecule has 0 radical (unpaired) electrons. The molecule has 3 aromatic rings. The summed E-state index contributed by atoms with van der Waals surface area (Å²) in [6.45, 7) is 7.61. The molecule has 2 aromatic heterocycles. The van der Waals surface area contributed by atoms with Crippen LogP contribution in [0.15, 0.2) is 34.9 Å². The average molecular weight is 284 g/mol. The van der Waals surface area contributed by atoms with Crippen LogP contribution in [0, 0.1) is 6.92 Å². The first-order valence-electron chi connectivity index (χ1n) is 7.22. The van der Waals surface area contributed by atoms with Crippen molar-refractivity contribution in [3.05, 3.63) is 47.8 Å². The van der Waals surface area contributed by atoms with Gasteiger partial charge in [-0.1, -0.05) is 19.9 Å². The van der Waals surface area contributed by atoms with Gasteiger partial charge in [0.25, 0.3) is 0 Å². The molecule has 110 valence electrons. The van der Waals surface area contributed by atoms with Crippen molar-refractivity contribution in [2.45, 2.75) is 39.9 Å². The van der Waals surface area contributed by atoms with Gasteiger partial charge in [-0.05, 0) is 29.1 Å². The SMILES string of the molecule is Cc1nnc(Cn2ccc3cc(CNC(C)C)ccc32)o1. The molecule has 1 aromatic carbocycles. The minimum absolute atomic E-state index is 0.492. The molecule has 0 saturated heterocycles. The molecule has 3 rings (SSSR count). The van der Waals surface area contributed by atoms with E-state index in [1.807, 2.05) is 0 Å². The smallest absolute Gasteiger partial charge is 0.236 e. The zero-order valence-corrected chi connectivity index (χ0v) is 12.6. The monoisotopic (exact) mass is 284 g/mol. The van der Waals surface area contributed by atoms with E-state index in [1.54, 1.807) is 6.92 Å². The summed E-state index contributed by atoms with van der Waals surface area (Å²) in [5.41, 5.74) is 2.47. The lowest BCUT2D eigenvalue weighted by atomic mass is 10.1. The molecule has 0 aliphatic heterocycles. The van der Waals surface area contributed by atoms with Crippen LogP contribution in [-0.2, 0) is 13.1 Å². The summed E-state index contributed by atoms with van der Waals surface area (Å²) < 4.78 is 7.57. The van der Waals surface area contributed by atoms with Gasteiger partial charge in [0.2, 0.25) is 11.8 Å². The number of benzene rings is 1. The van der Waals surface area contributed by atoms with Crippen LogP contribution in [-0.4, -0.2) is 20.8 Å². The molecule has 0 aliphatic rings. The molecule has 0 aliphatic carbocycles. The van der Waals surface area contributed by atoms with Crippen LogP contribution in [0.3, 0.4) is 0 Å². The second kappa shape index (κ2) is 5.69. The number of aromatic nitrogens is 3. The number of hydrogen-bond acceptors (Lipinski definition) is 4. The Hall–Kier alpha value is -2.14. The highest BCUT2D eigenvalue weighted by Gasteiger charge is 2.07. The standard InChI is InChI=1S/C16H20N4O/c1-11(2)17-9-13-4-5-15-14(8-13)6-7-20(15)10-16-19-18-12(3)21-16/h4-8,11,17H,9-10H2,1-3H3. The van der Waals surface area contributed by atoms with Crippen LogP contribution in [0.5, 0.6) is 0 Å². The first-order valence-corrected chi connectivity index (χ1v) is 7.22. The summed E-state index contributed by atoms with van der Waals surface area (Å²) in [6.07, 6.45) is 2.06. The number of rotatable bonds is 5. The van der Waals surface area contributed by atoms with E-state index in [-0.39, 0.29) is 0 Å². The minimum Gasteiger partial charge on any atom is -0.424 e. The number of hydrogen-bond donors (Lipinski definition) is 1. The fraction of sp³-hybridized carbons (Fsp3) is 0.375. The first kappa shape index (κ1) is 13.8. The Morgan fingerprint density at radius 2 is 2.10 bits per heavy atom. The van der Waals surface area contributed by atoms with Crippen molar-refractivity contribution in [1.82, 2.24) is 20.1 Å². The third-order valence-corrected chi connectivity index (χ3v) is 3.42.